The van der Waals surface area contributed by atoms with E-state index in [1.54, 1.807) is 0 Å². The number of nitrogens with one attached hydrogen (secondary N) is 1. The van der Waals surface area contributed by atoms with Gasteiger partial charge in [-0.2, -0.15) is 13.2 Å². The maximum absolute atomic E-state index is 12.2. The third-order valence-corrected chi connectivity index (χ3v) is 3.60. The van der Waals surface area contributed by atoms with Gasteiger partial charge in [-0.1, -0.05) is 52.4 Å². The molecule has 0 aliphatic carbocycles. The van der Waals surface area contributed by atoms with E-state index in [9.17, 15) is 13.2 Å². The van der Waals surface area contributed by atoms with Crippen LogP contribution in [-0.4, -0.2) is 18.8 Å². The molecule has 0 fully saturated rings. The van der Waals surface area contributed by atoms with Crippen LogP contribution in [0, 0.1) is 0 Å². The van der Waals surface area contributed by atoms with Crippen molar-refractivity contribution in [3.8, 4) is 0 Å². The summed E-state index contributed by atoms with van der Waals surface area (Å²) < 4.78 is 36.5. The molecule has 0 radical (unpaired) electrons. The summed E-state index contributed by atoms with van der Waals surface area (Å²) in [4.78, 5) is 0. The van der Waals surface area contributed by atoms with Crippen molar-refractivity contribution < 1.29 is 13.2 Å². The van der Waals surface area contributed by atoms with E-state index in [1.807, 2.05) is 0 Å². The van der Waals surface area contributed by atoms with E-state index in [-0.39, 0.29) is 12.5 Å². The first-order valence-electron chi connectivity index (χ1n) is 8.29. The summed E-state index contributed by atoms with van der Waals surface area (Å²) in [6.45, 7) is 5.20. The predicted molar refractivity (Wildman–Crippen MR) is 80.0 cm³/mol. The van der Waals surface area contributed by atoms with Gasteiger partial charge in [0.2, 0.25) is 0 Å². The van der Waals surface area contributed by atoms with E-state index in [1.165, 1.54) is 32.1 Å². The minimum absolute atomic E-state index is 0.251. The van der Waals surface area contributed by atoms with Crippen molar-refractivity contribution in [3.63, 3.8) is 0 Å². The Morgan fingerprint density at radius 2 is 1.40 bits per heavy atom. The summed E-state index contributed by atoms with van der Waals surface area (Å²) in [5.74, 6) is 0. The number of hydrogen-bond acceptors (Lipinski definition) is 1. The molecule has 0 bridgehead atoms. The standard InChI is InChI=1S/C16H32F3N/c1-3-5-6-7-8-9-11-15(20-14-4-2)12-10-13-16(17,18)19/h15,20H,3-14H2,1-2H3. The topological polar surface area (TPSA) is 12.0 Å². The monoisotopic (exact) mass is 295 g/mol. The van der Waals surface area contributed by atoms with Gasteiger partial charge in [0, 0.05) is 12.5 Å². The number of hydrogen-bond donors (Lipinski definition) is 1. The van der Waals surface area contributed by atoms with Gasteiger partial charge in [-0.15, -0.1) is 0 Å². The second-order valence-electron chi connectivity index (χ2n) is 5.71. The Morgan fingerprint density at radius 3 is 2.00 bits per heavy atom. The highest BCUT2D eigenvalue weighted by Crippen LogP contribution is 2.23. The van der Waals surface area contributed by atoms with Gasteiger partial charge in [-0.05, 0) is 32.2 Å². The van der Waals surface area contributed by atoms with Gasteiger partial charge in [0.1, 0.15) is 0 Å². The fraction of sp³-hybridized carbons (Fsp3) is 1.00. The fourth-order valence-electron chi connectivity index (χ4n) is 2.42. The summed E-state index contributed by atoms with van der Waals surface area (Å²) in [7, 11) is 0. The SMILES string of the molecule is CCCCCCCCC(CCCC(F)(F)F)NCCC. The summed E-state index contributed by atoms with van der Waals surface area (Å²) in [6, 6.07) is 0.267. The van der Waals surface area contributed by atoms with Gasteiger partial charge in [0.15, 0.2) is 0 Å². The number of alkyl halides is 3. The fourth-order valence-corrected chi connectivity index (χ4v) is 2.42. The highest BCUT2D eigenvalue weighted by atomic mass is 19.4. The number of unbranched alkanes of at least 4 members (excludes halogenated alkanes) is 5. The smallest absolute Gasteiger partial charge is 0.314 e. The van der Waals surface area contributed by atoms with Gasteiger partial charge >= 0.3 is 6.18 Å². The molecular weight excluding hydrogens is 263 g/mol. The highest BCUT2D eigenvalue weighted by Gasteiger charge is 2.26. The largest absolute Gasteiger partial charge is 0.389 e. The molecule has 0 rings (SSSR count). The maximum atomic E-state index is 12.2. The molecule has 0 aromatic carbocycles. The average molecular weight is 295 g/mol. The average Bonchev–Trinajstić information content (AvgIpc) is 2.37. The second kappa shape index (κ2) is 12.5. The Bertz CT molecular complexity index is 204. The molecule has 0 aliphatic rings. The zero-order valence-corrected chi connectivity index (χ0v) is 13.2. The molecule has 1 atom stereocenters. The minimum Gasteiger partial charge on any atom is -0.314 e. The van der Waals surface area contributed by atoms with E-state index >= 15 is 0 Å². The van der Waals surface area contributed by atoms with Crippen LogP contribution in [0.4, 0.5) is 13.2 Å². The van der Waals surface area contributed by atoms with Crippen LogP contribution in [0.1, 0.15) is 84.5 Å². The quantitative estimate of drug-likeness (QED) is 0.421. The lowest BCUT2D eigenvalue weighted by Crippen LogP contribution is -2.30. The van der Waals surface area contributed by atoms with E-state index < -0.39 is 12.6 Å². The molecule has 1 N–H and O–H groups in total. The summed E-state index contributed by atoms with van der Waals surface area (Å²) in [6.07, 6.45) is 5.74. The lowest BCUT2D eigenvalue weighted by molar-refractivity contribution is -0.135. The first-order chi connectivity index (χ1) is 9.49. The maximum Gasteiger partial charge on any atom is 0.389 e. The first kappa shape index (κ1) is 19.8. The Morgan fingerprint density at radius 1 is 0.800 bits per heavy atom. The Kier molecular flexibility index (Phi) is 12.3. The van der Waals surface area contributed by atoms with Crippen molar-refractivity contribution in [2.75, 3.05) is 6.54 Å². The van der Waals surface area contributed by atoms with Crippen LogP contribution in [0.2, 0.25) is 0 Å². The van der Waals surface area contributed by atoms with Crippen molar-refractivity contribution in [2.45, 2.75) is 96.7 Å². The van der Waals surface area contributed by atoms with Crippen LogP contribution in [0.25, 0.3) is 0 Å². The molecule has 0 aromatic heterocycles. The molecule has 4 heteroatoms. The van der Waals surface area contributed by atoms with Crippen molar-refractivity contribution in [2.24, 2.45) is 0 Å². The molecule has 0 saturated carbocycles. The van der Waals surface area contributed by atoms with Gasteiger partial charge < -0.3 is 5.32 Å². The zero-order valence-electron chi connectivity index (χ0n) is 13.2. The highest BCUT2D eigenvalue weighted by molar-refractivity contribution is 4.68. The lowest BCUT2D eigenvalue weighted by Gasteiger charge is -2.19. The van der Waals surface area contributed by atoms with Crippen molar-refractivity contribution in [3.05, 3.63) is 0 Å². The van der Waals surface area contributed by atoms with E-state index in [4.69, 9.17) is 0 Å². The van der Waals surface area contributed by atoms with Crippen LogP contribution in [0.3, 0.4) is 0 Å². The molecule has 0 saturated heterocycles. The van der Waals surface area contributed by atoms with Crippen LogP contribution in [-0.2, 0) is 0 Å². The third kappa shape index (κ3) is 14.2. The molecule has 20 heavy (non-hydrogen) atoms. The Labute approximate surface area is 122 Å². The normalized spacial score (nSPS) is 13.7. The van der Waals surface area contributed by atoms with Gasteiger partial charge in [-0.25, -0.2) is 0 Å². The van der Waals surface area contributed by atoms with Gasteiger partial charge in [0.25, 0.3) is 0 Å². The molecule has 0 spiro atoms. The van der Waals surface area contributed by atoms with E-state index in [0.29, 0.717) is 6.42 Å². The lowest BCUT2D eigenvalue weighted by atomic mass is 10.0. The van der Waals surface area contributed by atoms with Gasteiger partial charge in [0.05, 0.1) is 0 Å². The van der Waals surface area contributed by atoms with E-state index in [2.05, 4.69) is 19.2 Å². The summed E-state index contributed by atoms with van der Waals surface area (Å²) in [5, 5.41) is 3.39. The second-order valence-corrected chi connectivity index (χ2v) is 5.71. The van der Waals surface area contributed by atoms with Crippen LogP contribution >= 0.6 is 0 Å². The summed E-state index contributed by atoms with van der Waals surface area (Å²) >= 11 is 0. The van der Waals surface area contributed by atoms with Crippen LogP contribution in [0.15, 0.2) is 0 Å². The molecule has 0 amide bonds. The molecule has 0 aliphatic heterocycles. The minimum atomic E-state index is -4.00. The molecule has 122 valence electrons. The molecule has 0 heterocycles. The van der Waals surface area contributed by atoms with Crippen molar-refractivity contribution in [1.82, 2.24) is 5.32 Å². The third-order valence-electron chi connectivity index (χ3n) is 3.60. The molecule has 0 aromatic rings. The molecule has 1 unspecified atom stereocenters. The molecule has 1 nitrogen and oxygen atoms in total. The van der Waals surface area contributed by atoms with Crippen LogP contribution < -0.4 is 5.32 Å². The predicted octanol–water partition coefficient (Wildman–Crippen LogP) is 5.84. The number of halogens is 3. The Balaban J connectivity index is 3.72. The van der Waals surface area contributed by atoms with Crippen molar-refractivity contribution >= 4 is 0 Å². The first-order valence-corrected chi connectivity index (χ1v) is 8.29. The molecular formula is C16H32F3N. The van der Waals surface area contributed by atoms with Gasteiger partial charge in [-0.3, -0.25) is 0 Å². The number of rotatable bonds is 13. The zero-order chi connectivity index (χ0) is 15.3. The van der Waals surface area contributed by atoms with E-state index in [0.717, 1.165) is 25.8 Å². The Hall–Kier alpha value is -0.250. The van der Waals surface area contributed by atoms with Crippen molar-refractivity contribution in [1.29, 1.82) is 0 Å². The summed E-state index contributed by atoms with van der Waals surface area (Å²) in [5.41, 5.74) is 0. The van der Waals surface area contributed by atoms with Crippen LogP contribution in [0.5, 0.6) is 0 Å².